The van der Waals surface area contributed by atoms with Crippen molar-refractivity contribution in [2.75, 3.05) is 72.0 Å². The first kappa shape index (κ1) is 26.7. The van der Waals surface area contributed by atoms with Gasteiger partial charge in [-0.3, -0.25) is 19.6 Å². The van der Waals surface area contributed by atoms with Gasteiger partial charge in [0.1, 0.15) is 0 Å². The Morgan fingerprint density at radius 3 is 1.28 bits per heavy atom. The predicted octanol–water partition coefficient (Wildman–Crippen LogP) is -0.880. The van der Waals surface area contributed by atoms with Crippen LogP contribution >= 0.6 is 0 Å². The normalized spacial score (nSPS) is 27.0. The molecule has 2 saturated heterocycles. The molecule has 29 heavy (non-hydrogen) atoms. The summed E-state index contributed by atoms with van der Waals surface area (Å²) in [7, 11) is 0. The van der Waals surface area contributed by atoms with E-state index >= 15 is 0 Å². The highest BCUT2D eigenvalue weighted by atomic mass is 16.3. The summed E-state index contributed by atoms with van der Waals surface area (Å²) in [5.41, 5.74) is 0. The maximum atomic E-state index is 9.34. The Hall–Kier alpha value is -0.320. The number of hydrogen-bond donors (Lipinski definition) is 4. The second kappa shape index (κ2) is 13.9. The summed E-state index contributed by atoms with van der Waals surface area (Å²) < 4.78 is 0. The standard InChI is InChI=1S/C11H24N2O2.C10H22N2O2/c1-9-6-12(7-10(2)14)4-5-13(9)8-11(3)15;1-9(13)7-11-3-5-12(6-4-11)8-10(2)14/h9-11,14-15H,4-8H2,1-3H3;9-10,13-14H,3-8H2,1-2H3. The summed E-state index contributed by atoms with van der Waals surface area (Å²) in [6, 6.07) is 0.465. The molecule has 0 amide bonds. The largest absolute Gasteiger partial charge is 0.392 e. The van der Waals surface area contributed by atoms with E-state index in [9.17, 15) is 20.4 Å². The van der Waals surface area contributed by atoms with Crippen LogP contribution in [0.25, 0.3) is 0 Å². The first-order chi connectivity index (χ1) is 13.6. The fraction of sp³-hybridized carbons (Fsp3) is 1.00. The van der Waals surface area contributed by atoms with Gasteiger partial charge in [0.05, 0.1) is 24.4 Å². The molecule has 2 rings (SSSR count). The van der Waals surface area contributed by atoms with Crippen LogP contribution in [0.15, 0.2) is 0 Å². The van der Waals surface area contributed by atoms with E-state index in [4.69, 9.17) is 0 Å². The van der Waals surface area contributed by atoms with Crippen molar-refractivity contribution in [2.24, 2.45) is 0 Å². The van der Waals surface area contributed by atoms with Crippen molar-refractivity contribution in [1.29, 1.82) is 0 Å². The van der Waals surface area contributed by atoms with E-state index in [0.29, 0.717) is 6.04 Å². The highest BCUT2D eigenvalue weighted by Gasteiger charge is 2.24. The van der Waals surface area contributed by atoms with Crippen LogP contribution in [0.5, 0.6) is 0 Å². The SMILES string of the molecule is CC(O)CN1CCN(CC(C)O)C(C)C1.CC(O)CN1CCN(CC(C)O)CC1. The van der Waals surface area contributed by atoms with E-state index in [-0.39, 0.29) is 24.4 Å². The average Bonchev–Trinajstić information content (AvgIpc) is 2.58. The van der Waals surface area contributed by atoms with E-state index in [2.05, 4.69) is 26.5 Å². The van der Waals surface area contributed by atoms with Gasteiger partial charge in [-0.1, -0.05) is 0 Å². The number of rotatable bonds is 8. The highest BCUT2D eigenvalue weighted by molar-refractivity contribution is 4.80. The predicted molar refractivity (Wildman–Crippen MR) is 117 cm³/mol. The van der Waals surface area contributed by atoms with Gasteiger partial charge in [-0.2, -0.15) is 0 Å². The molecule has 0 aromatic heterocycles. The van der Waals surface area contributed by atoms with Crippen LogP contribution in [0.2, 0.25) is 0 Å². The molecule has 8 heteroatoms. The van der Waals surface area contributed by atoms with E-state index in [0.717, 1.165) is 72.0 Å². The summed E-state index contributed by atoms with van der Waals surface area (Å²) in [5, 5.41) is 37.1. The van der Waals surface area contributed by atoms with Gasteiger partial charge in [0.25, 0.3) is 0 Å². The number of piperazine rings is 2. The van der Waals surface area contributed by atoms with Gasteiger partial charge in [0.2, 0.25) is 0 Å². The maximum Gasteiger partial charge on any atom is 0.0639 e. The van der Waals surface area contributed by atoms with Crippen LogP contribution in [0, 0.1) is 0 Å². The molecule has 2 fully saturated rings. The van der Waals surface area contributed by atoms with Crippen molar-refractivity contribution in [3.63, 3.8) is 0 Å². The van der Waals surface area contributed by atoms with Gasteiger partial charge in [-0.15, -0.1) is 0 Å². The zero-order chi connectivity index (χ0) is 22.0. The second-order valence-electron chi connectivity index (χ2n) is 9.10. The Kier molecular flexibility index (Phi) is 12.8. The van der Waals surface area contributed by atoms with Crippen LogP contribution in [0.3, 0.4) is 0 Å². The fourth-order valence-electron chi connectivity index (χ4n) is 4.12. The van der Waals surface area contributed by atoms with Gasteiger partial charge in [-0.25, -0.2) is 0 Å². The van der Waals surface area contributed by atoms with Crippen LogP contribution < -0.4 is 0 Å². The molecule has 0 aromatic rings. The van der Waals surface area contributed by atoms with Crippen LogP contribution in [0.1, 0.15) is 34.6 Å². The number of β-amino-alcohol motifs (C(OH)–C–C–N with tert-alkyl or cyclic N) is 4. The quantitative estimate of drug-likeness (QED) is 0.404. The third-order valence-electron chi connectivity index (χ3n) is 5.38. The minimum Gasteiger partial charge on any atom is -0.392 e. The third-order valence-corrected chi connectivity index (χ3v) is 5.38. The van der Waals surface area contributed by atoms with Gasteiger partial charge in [-0.05, 0) is 34.6 Å². The molecule has 5 atom stereocenters. The van der Waals surface area contributed by atoms with Crippen LogP contribution in [-0.4, -0.2) is 142 Å². The molecular weight excluding hydrogens is 372 g/mol. The van der Waals surface area contributed by atoms with Crippen molar-refractivity contribution >= 4 is 0 Å². The Balaban J connectivity index is 0.000000291. The molecule has 2 aliphatic heterocycles. The topological polar surface area (TPSA) is 93.9 Å². The molecule has 2 heterocycles. The van der Waals surface area contributed by atoms with Crippen molar-refractivity contribution in [3.05, 3.63) is 0 Å². The average molecular weight is 419 g/mol. The van der Waals surface area contributed by atoms with Crippen molar-refractivity contribution in [1.82, 2.24) is 19.6 Å². The molecule has 0 bridgehead atoms. The summed E-state index contributed by atoms with van der Waals surface area (Å²) in [5.74, 6) is 0. The van der Waals surface area contributed by atoms with Crippen molar-refractivity contribution in [2.45, 2.75) is 65.1 Å². The summed E-state index contributed by atoms with van der Waals surface area (Å²) in [6.45, 7) is 19.5. The molecule has 0 saturated carbocycles. The first-order valence-electron chi connectivity index (χ1n) is 11.2. The lowest BCUT2D eigenvalue weighted by Gasteiger charge is -2.40. The molecule has 8 nitrogen and oxygen atoms in total. The van der Waals surface area contributed by atoms with Crippen LogP contribution in [0.4, 0.5) is 0 Å². The zero-order valence-corrected chi connectivity index (χ0v) is 19.2. The van der Waals surface area contributed by atoms with Gasteiger partial charge in [0, 0.05) is 78.0 Å². The molecule has 0 aliphatic carbocycles. The maximum absolute atomic E-state index is 9.34. The smallest absolute Gasteiger partial charge is 0.0639 e. The molecule has 5 unspecified atom stereocenters. The minimum absolute atomic E-state index is 0.238. The summed E-state index contributed by atoms with van der Waals surface area (Å²) in [6.07, 6.45) is -0.979. The second-order valence-corrected chi connectivity index (χ2v) is 9.10. The third kappa shape index (κ3) is 12.2. The molecular formula is C21H46N4O4. The minimum atomic E-state index is -0.254. The Morgan fingerprint density at radius 1 is 0.586 bits per heavy atom. The van der Waals surface area contributed by atoms with E-state index in [1.54, 1.807) is 0 Å². The van der Waals surface area contributed by atoms with E-state index < -0.39 is 0 Å². The summed E-state index contributed by atoms with van der Waals surface area (Å²) in [4.78, 5) is 9.13. The number of nitrogens with zero attached hydrogens (tertiary/aromatic N) is 4. The van der Waals surface area contributed by atoms with E-state index in [1.165, 1.54) is 0 Å². The van der Waals surface area contributed by atoms with Gasteiger partial charge >= 0.3 is 0 Å². The monoisotopic (exact) mass is 418 g/mol. The van der Waals surface area contributed by atoms with E-state index in [1.807, 2.05) is 27.7 Å². The number of aliphatic hydroxyl groups excluding tert-OH is 4. The number of hydrogen-bond acceptors (Lipinski definition) is 8. The molecule has 0 aromatic carbocycles. The molecule has 174 valence electrons. The Morgan fingerprint density at radius 2 is 0.931 bits per heavy atom. The van der Waals surface area contributed by atoms with Crippen molar-refractivity contribution in [3.8, 4) is 0 Å². The Bertz CT molecular complexity index is 397. The number of aliphatic hydroxyl groups is 4. The fourth-order valence-corrected chi connectivity index (χ4v) is 4.12. The lowest BCUT2D eigenvalue weighted by molar-refractivity contribution is 0.0276. The highest BCUT2D eigenvalue weighted by Crippen LogP contribution is 2.10. The van der Waals surface area contributed by atoms with Gasteiger partial charge < -0.3 is 20.4 Å². The zero-order valence-electron chi connectivity index (χ0n) is 19.2. The van der Waals surface area contributed by atoms with Gasteiger partial charge in [0.15, 0.2) is 0 Å². The summed E-state index contributed by atoms with van der Waals surface area (Å²) >= 11 is 0. The van der Waals surface area contributed by atoms with Crippen molar-refractivity contribution < 1.29 is 20.4 Å². The lowest BCUT2D eigenvalue weighted by Crippen LogP contribution is -2.54. The molecule has 0 spiro atoms. The first-order valence-corrected chi connectivity index (χ1v) is 11.2. The molecule has 4 N–H and O–H groups in total. The lowest BCUT2D eigenvalue weighted by atomic mass is 10.1. The molecule has 2 aliphatic rings. The molecule has 0 radical (unpaired) electrons. The Labute approximate surface area is 177 Å². The van der Waals surface area contributed by atoms with Crippen LogP contribution in [-0.2, 0) is 0 Å².